The van der Waals surface area contributed by atoms with Gasteiger partial charge >= 0.3 is 5.97 Å². The first kappa shape index (κ1) is 15.6. The van der Waals surface area contributed by atoms with Gasteiger partial charge in [0.1, 0.15) is 5.75 Å². The summed E-state index contributed by atoms with van der Waals surface area (Å²) in [4.78, 5) is 25.8. The molecule has 0 aliphatic carbocycles. The molecule has 5 nitrogen and oxygen atoms in total. The molecular formula is C15H18ClNO4. The number of nitrogens with zero attached hydrogens (tertiary/aromatic N) is 1. The van der Waals surface area contributed by atoms with Gasteiger partial charge in [-0.25, -0.2) is 0 Å². The number of benzene rings is 1. The number of aromatic hydroxyl groups is 1. The Bertz CT molecular complexity index is 546. The number of phenols is 1. The number of esters is 1. The van der Waals surface area contributed by atoms with Gasteiger partial charge in [-0.1, -0.05) is 11.6 Å². The third-order valence-electron chi connectivity index (χ3n) is 3.52. The molecule has 1 aromatic carbocycles. The maximum absolute atomic E-state index is 12.5. The van der Waals surface area contributed by atoms with E-state index < -0.39 is 0 Å². The zero-order chi connectivity index (χ0) is 15.4. The van der Waals surface area contributed by atoms with Crippen molar-refractivity contribution in [2.24, 2.45) is 5.92 Å². The fourth-order valence-corrected chi connectivity index (χ4v) is 2.64. The Morgan fingerprint density at radius 3 is 2.95 bits per heavy atom. The number of amides is 1. The van der Waals surface area contributed by atoms with Crippen molar-refractivity contribution in [1.29, 1.82) is 0 Å². The average molecular weight is 312 g/mol. The van der Waals surface area contributed by atoms with Crippen molar-refractivity contribution >= 4 is 23.5 Å². The van der Waals surface area contributed by atoms with Gasteiger partial charge in [-0.2, -0.15) is 0 Å². The van der Waals surface area contributed by atoms with Crippen LogP contribution < -0.4 is 0 Å². The predicted octanol–water partition coefficient (Wildman–Crippen LogP) is 2.46. The van der Waals surface area contributed by atoms with Crippen LogP contribution in [0.15, 0.2) is 18.2 Å². The van der Waals surface area contributed by atoms with Crippen molar-refractivity contribution in [3.8, 4) is 5.75 Å². The first-order chi connectivity index (χ1) is 10.0. The molecule has 2 rings (SSSR count). The number of hydrogen-bond acceptors (Lipinski definition) is 4. The van der Waals surface area contributed by atoms with Gasteiger partial charge in [0, 0.05) is 18.1 Å². The van der Waals surface area contributed by atoms with Gasteiger partial charge in [-0.15, -0.1) is 0 Å². The summed E-state index contributed by atoms with van der Waals surface area (Å²) in [6.45, 7) is 2.95. The smallest absolute Gasteiger partial charge is 0.310 e. The van der Waals surface area contributed by atoms with E-state index >= 15 is 0 Å². The van der Waals surface area contributed by atoms with E-state index in [0.717, 1.165) is 6.42 Å². The number of halogens is 1. The largest absolute Gasteiger partial charge is 0.507 e. The Labute approximate surface area is 128 Å². The molecule has 1 N–H and O–H groups in total. The van der Waals surface area contributed by atoms with Crippen LogP contribution in [0.5, 0.6) is 5.75 Å². The average Bonchev–Trinajstić information content (AvgIpc) is 2.49. The van der Waals surface area contributed by atoms with Gasteiger partial charge < -0.3 is 14.7 Å². The molecule has 1 fully saturated rings. The molecule has 0 saturated carbocycles. The van der Waals surface area contributed by atoms with Gasteiger partial charge in [0.25, 0.3) is 5.91 Å². The van der Waals surface area contributed by atoms with E-state index in [9.17, 15) is 14.7 Å². The summed E-state index contributed by atoms with van der Waals surface area (Å²) < 4.78 is 5.01. The standard InChI is InChI=1S/C15H18ClNO4/c1-2-21-15(20)10-4-3-7-17(9-10)14(19)12-8-11(16)5-6-13(12)18/h5-6,8,10,18H,2-4,7,9H2,1H3. The van der Waals surface area contributed by atoms with Gasteiger partial charge in [0.15, 0.2) is 0 Å². The van der Waals surface area contributed by atoms with E-state index in [1.807, 2.05) is 0 Å². The lowest BCUT2D eigenvalue weighted by atomic mass is 9.97. The van der Waals surface area contributed by atoms with Gasteiger partial charge in [0.05, 0.1) is 18.1 Å². The van der Waals surface area contributed by atoms with Gasteiger partial charge in [-0.05, 0) is 38.0 Å². The number of likely N-dealkylation sites (tertiary alicyclic amines) is 1. The minimum Gasteiger partial charge on any atom is -0.507 e. The van der Waals surface area contributed by atoms with Crippen molar-refractivity contribution < 1.29 is 19.4 Å². The SMILES string of the molecule is CCOC(=O)C1CCCN(C(=O)c2cc(Cl)ccc2O)C1. The van der Waals surface area contributed by atoms with Crippen LogP contribution >= 0.6 is 11.6 Å². The van der Waals surface area contributed by atoms with Crippen LogP contribution in [0.4, 0.5) is 0 Å². The van der Waals surface area contributed by atoms with E-state index in [1.165, 1.54) is 18.2 Å². The highest BCUT2D eigenvalue weighted by Crippen LogP contribution is 2.26. The van der Waals surface area contributed by atoms with Crippen molar-refractivity contribution in [2.45, 2.75) is 19.8 Å². The lowest BCUT2D eigenvalue weighted by Crippen LogP contribution is -2.42. The first-order valence-corrected chi connectivity index (χ1v) is 7.35. The summed E-state index contributed by atoms with van der Waals surface area (Å²) in [5, 5.41) is 10.2. The highest BCUT2D eigenvalue weighted by molar-refractivity contribution is 6.31. The van der Waals surface area contributed by atoms with E-state index in [-0.39, 0.29) is 29.1 Å². The number of phenolic OH excluding ortho intramolecular Hbond substituents is 1. The second-order valence-electron chi connectivity index (χ2n) is 5.00. The Hall–Kier alpha value is -1.75. The molecule has 0 radical (unpaired) electrons. The highest BCUT2D eigenvalue weighted by Gasteiger charge is 2.30. The molecule has 114 valence electrons. The molecule has 0 bridgehead atoms. The Morgan fingerprint density at radius 1 is 1.48 bits per heavy atom. The molecule has 0 spiro atoms. The zero-order valence-electron chi connectivity index (χ0n) is 11.8. The lowest BCUT2D eigenvalue weighted by molar-refractivity contribution is -0.149. The van der Waals surface area contributed by atoms with Crippen LogP contribution in [0.25, 0.3) is 0 Å². The van der Waals surface area contributed by atoms with Crippen molar-refractivity contribution in [3.05, 3.63) is 28.8 Å². The van der Waals surface area contributed by atoms with Gasteiger partial charge in [0.2, 0.25) is 0 Å². The van der Waals surface area contributed by atoms with Crippen LogP contribution in [0.1, 0.15) is 30.1 Å². The lowest BCUT2D eigenvalue weighted by Gasteiger charge is -2.31. The fourth-order valence-electron chi connectivity index (χ4n) is 2.46. The van der Waals surface area contributed by atoms with Gasteiger partial charge in [-0.3, -0.25) is 9.59 Å². The molecule has 1 aliphatic heterocycles. The molecule has 6 heteroatoms. The molecule has 1 saturated heterocycles. The third kappa shape index (κ3) is 3.67. The molecule has 1 amide bonds. The summed E-state index contributed by atoms with van der Waals surface area (Å²) in [5.74, 6) is -0.999. The fraction of sp³-hybridized carbons (Fsp3) is 0.467. The zero-order valence-corrected chi connectivity index (χ0v) is 12.6. The number of ether oxygens (including phenoxy) is 1. The third-order valence-corrected chi connectivity index (χ3v) is 3.75. The molecule has 0 aromatic heterocycles. The number of carbonyl (C=O) groups excluding carboxylic acids is 2. The second-order valence-corrected chi connectivity index (χ2v) is 5.44. The molecule has 21 heavy (non-hydrogen) atoms. The number of hydrogen-bond donors (Lipinski definition) is 1. The Morgan fingerprint density at radius 2 is 2.24 bits per heavy atom. The number of piperidine rings is 1. The first-order valence-electron chi connectivity index (χ1n) is 6.97. The minimum atomic E-state index is -0.316. The summed E-state index contributed by atoms with van der Waals surface area (Å²) in [6, 6.07) is 4.35. The number of carbonyl (C=O) groups is 2. The molecule has 1 heterocycles. The summed E-state index contributed by atoms with van der Waals surface area (Å²) in [7, 11) is 0. The maximum atomic E-state index is 12.5. The van der Waals surface area contributed by atoms with E-state index in [4.69, 9.17) is 16.3 Å². The molecule has 1 aromatic rings. The molecule has 1 unspecified atom stereocenters. The predicted molar refractivity (Wildman–Crippen MR) is 78.4 cm³/mol. The number of rotatable bonds is 3. The topological polar surface area (TPSA) is 66.8 Å². The van der Waals surface area contributed by atoms with Crippen molar-refractivity contribution in [1.82, 2.24) is 4.90 Å². The normalized spacial score (nSPS) is 18.4. The van der Waals surface area contributed by atoms with Crippen LogP contribution in [-0.4, -0.2) is 41.6 Å². The Kier molecular flexibility index (Phi) is 5.07. The van der Waals surface area contributed by atoms with Crippen LogP contribution in [0.3, 0.4) is 0 Å². The Balaban J connectivity index is 2.12. The molecule has 1 aliphatic rings. The summed E-state index contributed by atoms with van der Waals surface area (Å²) in [6.07, 6.45) is 1.45. The quantitative estimate of drug-likeness (QED) is 0.871. The molecule has 1 atom stereocenters. The van der Waals surface area contributed by atoms with E-state index in [2.05, 4.69) is 0 Å². The van der Waals surface area contributed by atoms with Crippen LogP contribution in [-0.2, 0) is 9.53 Å². The van der Waals surface area contributed by atoms with Crippen molar-refractivity contribution in [2.75, 3.05) is 19.7 Å². The van der Waals surface area contributed by atoms with Crippen molar-refractivity contribution in [3.63, 3.8) is 0 Å². The monoisotopic (exact) mass is 311 g/mol. The maximum Gasteiger partial charge on any atom is 0.310 e. The second kappa shape index (κ2) is 6.80. The molecular weight excluding hydrogens is 294 g/mol. The summed E-state index contributed by atoms with van der Waals surface area (Å²) in [5.41, 5.74) is 0.159. The van der Waals surface area contributed by atoms with Crippen LogP contribution in [0, 0.1) is 5.92 Å². The minimum absolute atomic E-state index is 0.109. The van der Waals surface area contributed by atoms with E-state index in [1.54, 1.807) is 11.8 Å². The highest BCUT2D eigenvalue weighted by atomic mass is 35.5. The summed E-state index contributed by atoms with van der Waals surface area (Å²) >= 11 is 5.86. The van der Waals surface area contributed by atoms with E-state index in [0.29, 0.717) is 31.1 Å². The van der Waals surface area contributed by atoms with Crippen LogP contribution in [0.2, 0.25) is 5.02 Å².